The van der Waals surface area contributed by atoms with Crippen LogP contribution in [0.3, 0.4) is 0 Å². The second-order valence-electron chi connectivity index (χ2n) is 2.73. The lowest BCUT2D eigenvalue weighted by Gasteiger charge is -2.05. The molecule has 0 spiro atoms. The molecule has 1 aromatic heterocycles. The van der Waals surface area contributed by atoms with Gasteiger partial charge in [-0.25, -0.2) is 4.79 Å². The molecule has 1 heterocycles. The van der Waals surface area contributed by atoms with Crippen molar-refractivity contribution >= 4 is 0 Å². The van der Waals surface area contributed by atoms with Crippen molar-refractivity contribution in [1.29, 1.82) is 0 Å². The van der Waals surface area contributed by atoms with Crippen LogP contribution < -0.4 is 22.7 Å². The van der Waals surface area contributed by atoms with Gasteiger partial charge in [0.2, 0.25) is 0 Å². The zero-order valence-corrected chi connectivity index (χ0v) is 7.06. The van der Waals surface area contributed by atoms with Crippen LogP contribution in [0.4, 0.5) is 0 Å². The minimum Gasteiger partial charge on any atom is -0.316 e. The Hall–Kier alpha value is -1.40. The molecule has 1 aromatic rings. The van der Waals surface area contributed by atoms with Gasteiger partial charge in [0.05, 0.1) is 6.17 Å². The van der Waals surface area contributed by atoms with Crippen LogP contribution in [0, 0.1) is 0 Å². The lowest BCUT2D eigenvalue weighted by atomic mass is 10.3. The molecule has 0 aliphatic carbocycles. The fraction of sp³-hybridized carbons (Fsp3) is 0.429. The van der Waals surface area contributed by atoms with Gasteiger partial charge in [0.15, 0.2) is 0 Å². The van der Waals surface area contributed by atoms with E-state index in [0.29, 0.717) is 6.42 Å². The Bertz CT molecular complexity index is 350. The summed E-state index contributed by atoms with van der Waals surface area (Å²) in [4.78, 5) is 24.6. The van der Waals surface area contributed by atoms with E-state index in [1.165, 1.54) is 12.3 Å². The highest BCUT2D eigenvalue weighted by Crippen LogP contribution is 1.81. The van der Waals surface area contributed by atoms with Crippen molar-refractivity contribution in [2.24, 2.45) is 11.5 Å². The Morgan fingerprint density at radius 1 is 1.46 bits per heavy atom. The van der Waals surface area contributed by atoms with Crippen molar-refractivity contribution in [3.8, 4) is 0 Å². The fourth-order valence-electron chi connectivity index (χ4n) is 0.942. The fourth-order valence-corrected chi connectivity index (χ4v) is 0.942. The lowest BCUT2D eigenvalue weighted by Crippen LogP contribution is -2.38. The zero-order valence-electron chi connectivity index (χ0n) is 7.06. The van der Waals surface area contributed by atoms with E-state index >= 15 is 0 Å². The molecule has 0 aliphatic rings. The number of aromatic amines is 1. The highest BCUT2D eigenvalue weighted by molar-refractivity contribution is 4.82. The summed E-state index contributed by atoms with van der Waals surface area (Å²) in [6.45, 7) is 0.243. The summed E-state index contributed by atoms with van der Waals surface area (Å²) in [5.74, 6) is 0. The molecule has 0 bridgehead atoms. The number of aromatic nitrogens is 2. The van der Waals surface area contributed by atoms with E-state index in [2.05, 4.69) is 4.98 Å². The number of hydrogen-bond donors (Lipinski definition) is 3. The van der Waals surface area contributed by atoms with Gasteiger partial charge in [-0.15, -0.1) is 0 Å². The molecule has 72 valence electrons. The molecule has 0 radical (unpaired) electrons. The first-order valence-corrected chi connectivity index (χ1v) is 3.91. The van der Waals surface area contributed by atoms with Gasteiger partial charge in [-0.2, -0.15) is 0 Å². The molecule has 0 amide bonds. The molecule has 6 heteroatoms. The van der Waals surface area contributed by atoms with E-state index in [4.69, 9.17) is 11.5 Å². The number of nitrogens with zero attached hydrogens (tertiary/aromatic N) is 1. The van der Waals surface area contributed by atoms with Crippen molar-refractivity contribution in [3.63, 3.8) is 0 Å². The Labute approximate surface area is 74.2 Å². The predicted molar refractivity (Wildman–Crippen MR) is 48.1 cm³/mol. The molecule has 1 rings (SSSR count). The van der Waals surface area contributed by atoms with Gasteiger partial charge < -0.3 is 16.5 Å². The van der Waals surface area contributed by atoms with Crippen molar-refractivity contribution in [3.05, 3.63) is 33.1 Å². The second-order valence-corrected chi connectivity index (χ2v) is 2.73. The number of nitrogens with one attached hydrogen (secondary N) is 1. The summed E-state index contributed by atoms with van der Waals surface area (Å²) in [7, 11) is 0. The van der Waals surface area contributed by atoms with Crippen molar-refractivity contribution < 1.29 is 0 Å². The smallest absolute Gasteiger partial charge is 0.316 e. The maximum absolute atomic E-state index is 11.1. The number of rotatable bonds is 3. The molecule has 0 saturated carbocycles. The van der Waals surface area contributed by atoms with E-state index in [0.717, 1.165) is 4.57 Å². The molecule has 6 nitrogen and oxygen atoms in total. The monoisotopic (exact) mass is 184 g/mol. The van der Waals surface area contributed by atoms with Crippen LogP contribution in [0.25, 0.3) is 0 Å². The lowest BCUT2D eigenvalue weighted by molar-refractivity contribution is 0.527. The molecule has 0 saturated heterocycles. The summed E-state index contributed by atoms with van der Waals surface area (Å²) in [5, 5.41) is 0. The van der Waals surface area contributed by atoms with Crippen LogP contribution in [0.2, 0.25) is 0 Å². The summed E-state index contributed by atoms with van der Waals surface area (Å²) >= 11 is 0. The molecule has 0 fully saturated rings. The minimum absolute atomic E-state index is 0.243. The van der Waals surface area contributed by atoms with Gasteiger partial charge >= 0.3 is 5.69 Å². The van der Waals surface area contributed by atoms with Crippen LogP contribution in [-0.2, 0) is 6.54 Å². The average Bonchev–Trinajstić information content (AvgIpc) is 2.03. The van der Waals surface area contributed by atoms with E-state index in [1.807, 2.05) is 0 Å². The standard InChI is InChI=1S/C7H12N4O2/c8-5(9)2-4-11-6(12)1-3-10-7(11)13/h1,3,5H,2,4,8-9H2,(H,10,13). The molecule has 13 heavy (non-hydrogen) atoms. The Kier molecular flexibility index (Phi) is 2.99. The highest BCUT2D eigenvalue weighted by Gasteiger charge is 2.01. The van der Waals surface area contributed by atoms with Gasteiger partial charge in [0.25, 0.3) is 5.56 Å². The minimum atomic E-state index is -0.508. The van der Waals surface area contributed by atoms with Crippen LogP contribution in [0.15, 0.2) is 21.9 Å². The van der Waals surface area contributed by atoms with Gasteiger partial charge in [0.1, 0.15) is 0 Å². The third kappa shape index (κ3) is 2.53. The van der Waals surface area contributed by atoms with Crippen LogP contribution in [0.5, 0.6) is 0 Å². The maximum Gasteiger partial charge on any atom is 0.328 e. The largest absolute Gasteiger partial charge is 0.328 e. The molecule has 0 unspecified atom stereocenters. The number of H-pyrrole nitrogens is 1. The maximum atomic E-state index is 11.1. The highest BCUT2D eigenvalue weighted by atomic mass is 16.2. The predicted octanol–water partition coefficient (Wildman–Crippen LogP) is -1.83. The zero-order chi connectivity index (χ0) is 9.84. The van der Waals surface area contributed by atoms with Crippen LogP contribution >= 0.6 is 0 Å². The first-order chi connectivity index (χ1) is 6.11. The van der Waals surface area contributed by atoms with Gasteiger partial charge in [0, 0.05) is 18.8 Å². The van der Waals surface area contributed by atoms with Crippen molar-refractivity contribution in [2.75, 3.05) is 0 Å². The Balaban J connectivity index is 2.88. The Morgan fingerprint density at radius 2 is 2.15 bits per heavy atom. The third-order valence-electron chi connectivity index (χ3n) is 1.63. The normalized spacial score (nSPS) is 10.7. The SMILES string of the molecule is NC(N)CCn1c(=O)cc[nH]c1=O. The first-order valence-electron chi connectivity index (χ1n) is 3.91. The van der Waals surface area contributed by atoms with Crippen molar-refractivity contribution in [2.45, 2.75) is 19.1 Å². The van der Waals surface area contributed by atoms with Crippen molar-refractivity contribution in [1.82, 2.24) is 9.55 Å². The summed E-state index contributed by atoms with van der Waals surface area (Å²) in [6, 6.07) is 1.28. The van der Waals surface area contributed by atoms with E-state index in [1.54, 1.807) is 0 Å². The van der Waals surface area contributed by atoms with E-state index in [-0.39, 0.29) is 12.1 Å². The Morgan fingerprint density at radius 3 is 2.69 bits per heavy atom. The van der Waals surface area contributed by atoms with E-state index in [9.17, 15) is 9.59 Å². The van der Waals surface area contributed by atoms with Gasteiger partial charge in [-0.3, -0.25) is 9.36 Å². The first kappa shape index (κ1) is 9.69. The third-order valence-corrected chi connectivity index (χ3v) is 1.63. The molecule has 0 aromatic carbocycles. The second kappa shape index (κ2) is 4.01. The molecular formula is C7H12N4O2. The summed E-state index contributed by atoms with van der Waals surface area (Å²) < 4.78 is 1.06. The molecule has 0 aliphatic heterocycles. The molecule has 0 atom stereocenters. The number of hydrogen-bond acceptors (Lipinski definition) is 4. The number of nitrogens with two attached hydrogens (primary N) is 2. The van der Waals surface area contributed by atoms with Crippen LogP contribution in [0.1, 0.15) is 6.42 Å². The topological polar surface area (TPSA) is 107 Å². The molecule has 5 N–H and O–H groups in total. The average molecular weight is 184 g/mol. The summed E-state index contributed by atoms with van der Waals surface area (Å²) in [5.41, 5.74) is 9.80. The van der Waals surface area contributed by atoms with E-state index < -0.39 is 11.9 Å². The van der Waals surface area contributed by atoms with Gasteiger partial charge in [-0.1, -0.05) is 0 Å². The summed E-state index contributed by atoms with van der Waals surface area (Å²) in [6.07, 6.45) is 1.20. The van der Waals surface area contributed by atoms with Gasteiger partial charge in [-0.05, 0) is 6.42 Å². The van der Waals surface area contributed by atoms with Crippen LogP contribution in [-0.4, -0.2) is 15.7 Å². The molecular weight excluding hydrogens is 172 g/mol. The quantitative estimate of drug-likeness (QED) is 0.480.